The standard InChI is InChI=1S/C20H26N4O2S/c1-13(8-19-24-17-6-4-5-7-18(17)27-19)22-15(3)23-14(2)21-10-16-9-20(16,11-25)12-26/h4-7,16,21,25-26H,2,8-12H2,1,3H3/b22-13?,23-15-. The van der Waals surface area contributed by atoms with Crippen LogP contribution in [0, 0.1) is 11.3 Å². The van der Waals surface area contributed by atoms with Crippen LogP contribution in [-0.2, 0) is 6.42 Å². The van der Waals surface area contributed by atoms with E-state index in [1.807, 2.05) is 32.0 Å². The summed E-state index contributed by atoms with van der Waals surface area (Å²) in [5, 5.41) is 22.9. The fourth-order valence-corrected chi connectivity index (χ4v) is 4.23. The number of fused-ring (bicyclic) bond motifs is 1. The van der Waals surface area contributed by atoms with Gasteiger partial charge in [-0.15, -0.1) is 11.3 Å². The molecule has 1 aliphatic carbocycles. The van der Waals surface area contributed by atoms with Gasteiger partial charge in [0.15, 0.2) is 0 Å². The Morgan fingerprint density at radius 1 is 1.30 bits per heavy atom. The third kappa shape index (κ3) is 4.80. The lowest BCUT2D eigenvalue weighted by molar-refractivity contribution is 0.121. The smallest absolute Gasteiger partial charge is 0.127 e. The second-order valence-electron chi connectivity index (χ2n) is 7.17. The highest BCUT2D eigenvalue weighted by molar-refractivity contribution is 7.18. The topological polar surface area (TPSA) is 90.1 Å². The van der Waals surface area contributed by atoms with Crippen LogP contribution in [0.4, 0.5) is 0 Å². The maximum absolute atomic E-state index is 9.34. The van der Waals surface area contributed by atoms with Gasteiger partial charge in [0, 0.05) is 24.1 Å². The minimum Gasteiger partial charge on any atom is -0.396 e. The fourth-order valence-electron chi connectivity index (χ4n) is 3.19. The first-order chi connectivity index (χ1) is 13.0. The quantitative estimate of drug-likeness (QED) is 0.481. The molecule has 1 heterocycles. The molecule has 0 spiro atoms. The summed E-state index contributed by atoms with van der Waals surface area (Å²) in [6, 6.07) is 8.11. The largest absolute Gasteiger partial charge is 0.396 e. The van der Waals surface area contributed by atoms with Crippen molar-refractivity contribution in [2.45, 2.75) is 26.7 Å². The molecule has 0 saturated heterocycles. The van der Waals surface area contributed by atoms with E-state index in [4.69, 9.17) is 0 Å². The number of amidine groups is 1. The fraction of sp³-hybridized carbons (Fsp3) is 0.450. The van der Waals surface area contributed by atoms with Crippen molar-refractivity contribution in [3.63, 3.8) is 0 Å². The van der Waals surface area contributed by atoms with Gasteiger partial charge in [-0.05, 0) is 38.3 Å². The Hall–Kier alpha value is -2.09. The van der Waals surface area contributed by atoms with Crippen LogP contribution in [0.2, 0.25) is 0 Å². The van der Waals surface area contributed by atoms with Crippen molar-refractivity contribution in [2.75, 3.05) is 19.8 Å². The van der Waals surface area contributed by atoms with E-state index >= 15 is 0 Å². The molecule has 1 atom stereocenters. The lowest BCUT2D eigenvalue weighted by Crippen LogP contribution is -2.22. The molecule has 1 aromatic heterocycles. The Labute approximate surface area is 163 Å². The van der Waals surface area contributed by atoms with E-state index in [1.54, 1.807) is 11.3 Å². The molecule has 6 nitrogen and oxygen atoms in total. The maximum Gasteiger partial charge on any atom is 0.127 e. The van der Waals surface area contributed by atoms with E-state index < -0.39 is 0 Å². The molecule has 27 heavy (non-hydrogen) atoms. The summed E-state index contributed by atoms with van der Waals surface area (Å²) < 4.78 is 1.19. The van der Waals surface area contributed by atoms with Crippen molar-refractivity contribution in [3.05, 3.63) is 41.7 Å². The minimum absolute atomic E-state index is 0.0138. The highest BCUT2D eigenvalue weighted by atomic mass is 32.1. The lowest BCUT2D eigenvalue weighted by Gasteiger charge is -2.11. The summed E-state index contributed by atoms with van der Waals surface area (Å²) in [7, 11) is 0. The second-order valence-corrected chi connectivity index (χ2v) is 8.28. The Morgan fingerprint density at radius 2 is 2.04 bits per heavy atom. The zero-order valence-electron chi connectivity index (χ0n) is 15.8. The van der Waals surface area contributed by atoms with E-state index in [0.717, 1.165) is 22.7 Å². The summed E-state index contributed by atoms with van der Waals surface area (Å²) in [6.07, 6.45) is 1.52. The third-order valence-corrected chi connectivity index (χ3v) is 5.97. The van der Waals surface area contributed by atoms with Crippen LogP contribution >= 0.6 is 11.3 Å². The van der Waals surface area contributed by atoms with Crippen molar-refractivity contribution in [1.82, 2.24) is 10.3 Å². The molecule has 7 heteroatoms. The monoisotopic (exact) mass is 386 g/mol. The van der Waals surface area contributed by atoms with Gasteiger partial charge in [-0.25, -0.2) is 15.0 Å². The number of thiazole rings is 1. The summed E-state index contributed by atoms with van der Waals surface area (Å²) in [6.45, 7) is 8.40. The van der Waals surface area contributed by atoms with E-state index in [1.165, 1.54) is 4.70 Å². The first kappa shape index (κ1) is 19.7. The normalized spacial score (nSPS) is 19.3. The Balaban J connectivity index is 1.53. The summed E-state index contributed by atoms with van der Waals surface area (Å²) in [4.78, 5) is 13.6. The first-order valence-corrected chi connectivity index (χ1v) is 9.86. The summed E-state index contributed by atoms with van der Waals surface area (Å²) in [5.74, 6) is 1.43. The Bertz CT molecular complexity index is 850. The second kappa shape index (κ2) is 8.29. The number of aliphatic hydroxyl groups excluding tert-OH is 2. The van der Waals surface area contributed by atoms with Crippen molar-refractivity contribution < 1.29 is 10.2 Å². The predicted molar refractivity (Wildman–Crippen MR) is 111 cm³/mol. The summed E-state index contributed by atoms with van der Waals surface area (Å²) in [5.41, 5.74) is 1.64. The van der Waals surface area contributed by atoms with Crippen LogP contribution < -0.4 is 5.32 Å². The number of benzene rings is 1. The van der Waals surface area contributed by atoms with Crippen molar-refractivity contribution in [3.8, 4) is 0 Å². The molecule has 0 radical (unpaired) electrons. The van der Waals surface area contributed by atoms with E-state index in [2.05, 4.69) is 32.9 Å². The number of nitrogens with one attached hydrogen (secondary N) is 1. The van der Waals surface area contributed by atoms with Gasteiger partial charge < -0.3 is 15.5 Å². The number of nitrogens with zero attached hydrogens (tertiary/aromatic N) is 3. The van der Waals surface area contributed by atoms with Gasteiger partial charge in [0.05, 0.1) is 28.4 Å². The molecule has 0 aliphatic heterocycles. The summed E-state index contributed by atoms with van der Waals surface area (Å²) >= 11 is 1.69. The molecule has 144 valence electrons. The van der Waals surface area contributed by atoms with Crippen molar-refractivity contribution >= 4 is 33.1 Å². The van der Waals surface area contributed by atoms with Crippen LogP contribution in [0.15, 0.2) is 46.7 Å². The first-order valence-electron chi connectivity index (χ1n) is 9.04. The molecule has 0 bridgehead atoms. The van der Waals surface area contributed by atoms with Crippen LogP contribution in [-0.4, -0.2) is 46.5 Å². The molecule has 1 fully saturated rings. The van der Waals surface area contributed by atoms with Gasteiger partial charge >= 0.3 is 0 Å². The molecule has 1 aliphatic rings. The number of para-hydroxylation sites is 1. The van der Waals surface area contributed by atoms with Crippen molar-refractivity contribution in [1.29, 1.82) is 0 Å². The van der Waals surface area contributed by atoms with Gasteiger partial charge in [0.1, 0.15) is 11.7 Å². The number of rotatable bonds is 8. The van der Waals surface area contributed by atoms with Crippen LogP contribution in [0.3, 0.4) is 0 Å². The predicted octanol–water partition coefficient (Wildman–Crippen LogP) is 2.77. The third-order valence-electron chi connectivity index (χ3n) is 4.94. The zero-order valence-corrected chi connectivity index (χ0v) is 16.6. The number of hydrogen-bond donors (Lipinski definition) is 3. The van der Waals surface area contributed by atoms with Gasteiger partial charge in [0.25, 0.3) is 0 Å². The molecule has 3 rings (SSSR count). The number of aliphatic imine (C=N–C) groups is 2. The van der Waals surface area contributed by atoms with E-state index in [-0.39, 0.29) is 24.5 Å². The maximum atomic E-state index is 9.34. The molecule has 1 unspecified atom stereocenters. The Morgan fingerprint density at radius 3 is 2.70 bits per heavy atom. The average molecular weight is 387 g/mol. The lowest BCUT2D eigenvalue weighted by atomic mass is 10.1. The molecule has 3 N–H and O–H groups in total. The van der Waals surface area contributed by atoms with E-state index in [0.29, 0.717) is 24.6 Å². The van der Waals surface area contributed by atoms with Gasteiger partial charge in [0.2, 0.25) is 0 Å². The molecular formula is C20H26N4O2S. The van der Waals surface area contributed by atoms with Gasteiger partial charge in [-0.1, -0.05) is 18.7 Å². The highest BCUT2D eigenvalue weighted by Crippen LogP contribution is 2.51. The van der Waals surface area contributed by atoms with Gasteiger partial charge in [-0.2, -0.15) is 0 Å². The Kier molecular flexibility index (Phi) is 6.04. The number of hydrogen-bond acceptors (Lipinski definition) is 6. The van der Waals surface area contributed by atoms with Crippen LogP contribution in [0.1, 0.15) is 25.3 Å². The molecule has 1 saturated carbocycles. The van der Waals surface area contributed by atoms with Crippen molar-refractivity contribution in [2.24, 2.45) is 21.3 Å². The molecular weight excluding hydrogens is 360 g/mol. The average Bonchev–Trinajstić information content (AvgIpc) is 3.20. The SMILES string of the molecule is C=C(/N=C(/C)N=C(C)Cc1nc2ccccc2s1)NCC1CC1(CO)CO. The highest BCUT2D eigenvalue weighted by Gasteiger charge is 2.52. The van der Waals surface area contributed by atoms with Gasteiger partial charge in [-0.3, -0.25) is 0 Å². The number of aromatic nitrogens is 1. The molecule has 1 aromatic carbocycles. The minimum atomic E-state index is -0.335. The molecule has 2 aromatic rings. The number of aliphatic hydroxyl groups is 2. The van der Waals surface area contributed by atoms with Crippen LogP contribution in [0.5, 0.6) is 0 Å². The van der Waals surface area contributed by atoms with E-state index in [9.17, 15) is 10.2 Å². The zero-order chi connectivity index (χ0) is 19.4. The molecule has 0 amide bonds. The van der Waals surface area contributed by atoms with Crippen LogP contribution in [0.25, 0.3) is 10.2 Å².